The summed E-state index contributed by atoms with van der Waals surface area (Å²) in [5.74, 6) is -1.25. The smallest absolute Gasteiger partial charge is 0.272 e. The molecule has 0 aliphatic heterocycles. The minimum atomic E-state index is -0.538. The van der Waals surface area contributed by atoms with E-state index in [1.165, 1.54) is 23.9 Å². The zero-order valence-electron chi connectivity index (χ0n) is 23.4. The monoisotopic (exact) mass is 661 g/mol. The first-order valence-electron chi connectivity index (χ1n) is 13.3. The lowest BCUT2D eigenvalue weighted by Gasteiger charge is -2.16. The van der Waals surface area contributed by atoms with Crippen molar-refractivity contribution >= 4 is 62.9 Å². The number of rotatable bonds is 11. The number of nitrogens with one attached hydrogen (secondary N) is 3. The Morgan fingerprint density at radius 1 is 0.930 bits per heavy atom. The van der Waals surface area contributed by atoms with E-state index in [1.54, 1.807) is 92.0 Å². The third-order valence-corrected chi connectivity index (χ3v) is 8.01. The summed E-state index contributed by atoms with van der Waals surface area (Å²) < 4.78 is 20.1. The number of ether oxygens (including phenoxy) is 1. The van der Waals surface area contributed by atoms with Gasteiger partial charge in [-0.15, -0.1) is 11.8 Å². The van der Waals surface area contributed by atoms with Gasteiger partial charge in [-0.2, -0.15) is 0 Å². The van der Waals surface area contributed by atoms with E-state index in [0.29, 0.717) is 33.5 Å². The highest BCUT2D eigenvalue weighted by molar-refractivity contribution is 9.10. The lowest BCUT2D eigenvalue weighted by molar-refractivity contribution is -0.116. The first-order valence-corrected chi connectivity index (χ1v) is 15.0. The fraction of sp³-hybridized carbons (Fsp3) is 0.121. The molecule has 3 N–H and O–H groups in total. The number of benzene rings is 4. The van der Waals surface area contributed by atoms with Crippen LogP contribution < -0.4 is 20.7 Å². The molecule has 4 aromatic carbocycles. The number of amides is 3. The van der Waals surface area contributed by atoms with Crippen LogP contribution in [0.25, 0.3) is 6.08 Å². The van der Waals surface area contributed by atoms with Crippen molar-refractivity contribution < 1.29 is 23.5 Å². The molecule has 0 fully saturated rings. The Morgan fingerprint density at radius 2 is 1.70 bits per heavy atom. The van der Waals surface area contributed by atoms with Crippen molar-refractivity contribution in [3.8, 4) is 5.75 Å². The first kappa shape index (κ1) is 31.5. The number of methoxy groups -OCH3 is 1. The predicted molar refractivity (Wildman–Crippen MR) is 173 cm³/mol. The maximum absolute atomic E-state index is 14.3. The van der Waals surface area contributed by atoms with Gasteiger partial charge in [-0.1, -0.05) is 59.3 Å². The summed E-state index contributed by atoms with van der Waals surface area (Å²) in [4.78, 5) is 40.1. The van der Waals surface area contributed by atoms with E-state index in [1.807, 2.05) is 13.0 Å². The second kappa shape index (κ2) is 15.2. The molecule has 0 heterocycles. The van der Waals surface area contributed by atoms with Crippen LogP contribution in [0.1, 0.15) is 29.3 Å². The third kappa shape index (κ3) is 9.04. The number of anilines is 2. The van der Waals surface area contributed by atoms with Crippen LogP contribution in [0.5, 0.6) is 5.75 Å². The largest absolute Gasteiger partial charge is 0.497 e. The van der Waals surface area contributed by atoms with E-state index in [4.69, 9.17) is 4.74 Å². The zero-order chi connectivity index (χ0) is 30.8. The molecule has 10 heteroatoms. The molecule has 1 unspecified atom stereocenters. The van der Waals surface area contributed by atoms with Crippen molar-refractivity contribution in [1.29, 1.82) is 0 Å². The molecule has 0 bridgehead atoms. The average molecular weight is 663 g/mol. The van der Waals surface area contributed by atoms with Gasteiger partial charge in [-0.3, -0.25) is 14.4 Å². The Hall–Kier alpha value is -4.41. The number of hydrogen-bond acceptors (Lipinski definition) is 5. The van der Waals surface area contributed by atoms with Gasteiger partial charge in [0.15, 0.2) is 0 Å². The summed E-state index contributed by atoms with van der Waals surface area (Å²) >= 11 is 4.51. The Morgan fingerprint density at radius 3 is 2.42 bits per heavy atom. The van der Waals surface area contributed by atoms with E-state index in [0.717, 1.165) is 4.90 Å². The van der Waals surface area contributed by atoms with Gasteiger partial charge in [-0.05, 0) is 78.7 Å². The Kier molecular flexibility index (Phi) is 11.1. The maximum atomic E-state index is 14.3. The van der Waals surface area contributed by atoms with Crippen LogP contribution >= 0.6 is 27.7 Å². The van der Waals surface area contributed by atoms with Crippen molar-refractivity contribution in [2.75, 3.05) is 17.7 Å². The van der Waals surface area contributed by atoms with Gasteiger partial charge < -0.3 is 20.7 Å². The summed E-state index contributed by atoms with van der Waals surface area (Å²) in [5.41, 5.74) is 1.65. The molecule has 0 saturated heterocycles. The molecule has 220 valence electrons. The lowest BCUT2D eigenvalue weighted by atomic mass is 10.1. The predicted octanol–water partition coefficient (Wildman–Crippen LogP) is 7.52. The van der Waals surface area contributed by atoms with Gasteiger partial charge in [-0.25, -0.2) is 4.39 Å². The van der Waals surface area contributed by atoms with Crippen LogP contribution in [0.15, 0.2) is 112 Å². The highest BCUT2D eigenvalue weighted by Gasteiger charge is 2.20. The Labute approximate surface area is 262 Å². The molecule has 0 aromatic heterocycles. The quantitative estimate of drug-likeness (QED) is 0.114. The molecule has 0 radical (unpaired) electrons. The van der Waals surface area contributed by atoms with Crippen LogP contribution in [0, 0.1) is 5.82 Å². The van der Waals surface area contributed by atoms with E-state index in [-0.39, 0.29) is 17.3 Å². The van der Waals surface area contributed by atoms with E-state index in [9.17, 15) is 18.8 Å². The van der Waals surface area contributed by atoms with E-state index in [2.05, 4.69) is 31.9 Å². The molecular weight excluding hydrogens is 633 g/mol. The summed E-state index contributed by atoms with van der Waals surface area (Å²) in [6.07, 6.45) is 2.06. The number of carbonyl (C=O) groups excluding carboxylic acids is 3. The lowest BCUT2D eigenvalue weighted by Crippen LogP contribution is -2.30. The number of halogens is 2. The summed E-state index contributed by atoms with van der Waals surface area (Å²) in [5, 5.41) is 7.70. The highest BCUT2D eigenvalue weighted by Crippen LogP contribution is 2.29. The first-order chi connectivity index (χ1) is 20.7. The molecule has 0 saturated carbocycles. The number of hydrogen-bond donors (Lipinski definition) is 3. The van der Waals surface area contributed by atoms with Gasteiger partial charge in [0.2, 0.25) is 5.91 Å². The van der Waals surface area contributed by atoms with Crippen LogP contribution in [0.2, 0.25) is 0 Å². The molecule has 43 heavy (non-hydrogen) atoms. The van der Waals surface area contributed by atoms with Crippen molar-refractivity contribution in [1.82, 2.24) is 5.32 Å². The second-order valence-electron chi connectivity index (χ2n) is 9.26. The van der Waals surface area contributed by atoms with Crippen molar-refractivity contribution in [2.45, 2.75) is 23.5 Å². The van der Waals surface area contributed by atoms with Crippen molar-refractivity contribution in [3.63, 3.8) is 0 Å². The maximum Gasteiger partial charge on any atom is 0.272 e. The van der Waals surface area contributed by atoms with Crippen LogP contribution in [0.4, 0.5) is 15.8 Å². The van der Waals surface area contributed by atoms with Crippen LogP contribution in [-0.2, 0) is 9.59 Å². The topological polar surface area (TPSA) is 96.5 Å². The van der Waals surface area contributed by atoms with Gasteiger partial charge in [0.1, 0.15) is 17.3 Å². The SMILES string of the molecule is CCC(Sc1cccc(NC(=O)/C(=C/c2cccc(OC)c2)NC(=O)c2ccccc2)c1)C(=O)Nc1ccc(Br)cc1F. The summed E-state index contributed by atoms with van der Waals surface area (Å²) in [6.45, 7) is 1.87. The minimum absolute atomic E-state index is 0.0301. The third-order valence-electron chi connectivity index (χ3n) is 6.16. The van der Waals surface area contributed by atoms with Gasteiger partial charge in [0, 0.05) is 20.6 Å². The van der Waals surface area contributed by atoms with Crippen molar-refractivity contribution in [3.05, 3.63) is 124 Å². The fourth-order valence-corrected chi connectivity index (χ4v) is 5.32. The molecule has 7 nitrogen and oxygen atoms in total. The minimum Gasteiger partial charge on any atom is -0.497 e. The van der Waals surface area contributed by atoms with E-state index >= 15 is 0 Å². The highest BCUT2D eigenvalue weighted by atomic mass is 79.9. The van der Waals surface area contributed by atoms with Gasteiger partial charge >= 0.3 is 0 Å². The molecule has 4 rings (SSSR count). The Balaban J connectivity index is 1.51. The number of carbonyl (C=O) groups is 3. The summed E-state index contributed by atoms with van der Waals surface area (Å²) in [6, 6.07) is 27.1. The van der Waals surface area contributed by atoms with Gasteiger partial charge in [0.25, 0.3) is 11.8 Å². The standard InChI is InChI=1S/C33H29BrFN3O4S/c1-3-30(33(41)37-28-16-15-23(34)19-27(28)35)43-26-14-8-12-24(20-26)36-32(40)29(18-21-9-7-13-25(17-21)42-2)38-31(39)22-10-5-4-6-11-22/h4-20,30H,3H2,1-2H3,(H,36,40)(H,37,41)(H,38,39)/b29-18-. The average Bonchev–Trinajstić information content (AvgIpc) is 3.01. The van der Waals surface area contributed by atoms with Crippen LogP contribution in [-0.4, -0.2) is 30.1 Å². The van der Waals surface area contributed by atoms with E-state index < -0.39 is 22.9 Å². The second-order valence-corrected chi connectivity index (χ2v) is 11.5. The van der Waals surface area contributed by atoms with Gasteiger partial charge in [0.05, 0.1) is 18.0 Å². The zero-order valence-corrected chi connectivity index (χ0v) is 25.8. The normalized spacial score (nSPS) is 11.8. The molecular formula is C33H29BrFN3O4S. The van der Waals surface area contributed by atoms with Crippen molar-refractivity contribution in [2.24, 2.45) is 0 Å². The molecule has 0 spiro atoms. The molecule has 3 amide bonds. The Bertz CT molecular complexity index is 1650. The molecule has 1 atom stereocenters. The molecule has 4 aromatic rings. The fourth-order valence-electron chi connectivity index (χ4n) is 3.98. The number of thioether (sulfide) groups is 1. The molecule has 0 aliphatic rings. The summed E-state index contributed by atoms with van der Waals surface area (Å²) in [7, 11) is 1.55. The molecule has 0 aliphatic carbocycles. The van der Waals surface area contributed by atoms with Crippen LogP contribution in [0.3, 0.4) is 0 Å².